The number of pyridine rings is 1. The van der Waals surface area contributed by atoms with Gasteiger partial charge in [-0.2, -0.15) is 0 Å². The van der Waals surface area contributed by atoms with Gasteiger partial charge in [0.2, 0.25) is 0 Å². The molecular weight excluding hydrogens is 276 g/mol. The maximum atomic E-state index is 11.9. The Balaban J connectivity index is 2.09. The number of hydrogen-bond donors (Lipinski definition) is 1. The van der Waals surface area contributed by atoms with Crippen molar-refractivity contribution in [2.24, 2.45) is 0 Å². The summed E-state index contributed by atoms with van der Waals surface area (Å²) in [6.45, 7) is 1.78. The van der Waals surface area contributed by atoms with Crippen LogP contribution in [0, 0.1) is 6.92 Å². The number of aryl methyl sites for hydroxylation is 1. The molecule has 2 rings (SSSR count). The monoisotopic (exact) mass is 288 g/mol. The van der Waals surface area contributed by atoms with E-state index in [1.165, 1.54) is 6.20 Å². The van der Waals surface area contributed by atoms with Crippen LogP contribution in [0.15, 0.2) is 18.3 Å². The fraction of sp³-hybridized carbons (Fsp3) is 0.455. The molecule has 0 saturated carbocycles. The summed E-state index contributed by atoms with van der Waals surface area (Å²) in [7, 11) is -3.14. The third-order valence-electron chi connectivity index (χ3n) is 2.76. The van der Waals surface area contributed by atoms with Crippen LogP contribution >= 0.6 is 11.6 Å². The van der Waals surface area contributed by atoms with Gasteiger partial charge in [-0.25, -0.2) is 8.42 Å². The molecular formula is C11H13ClN2O3S. The normalized spacial score (nSPS) is 25.9. The van der Waals surface area contributed by atoms with Crippen LogP contribution in [-0.2, 0) is 9.84 Å². The number of amides is 1. The summed E-state index contributed by atoms with van der Waals surface area (Å²) in [6.07, 6.45) is 1.54. The standard InChI is InChI=1S/C11H13ClN2O3S/c1-7-4-8(2-3-13-7)11(15)14-10-6-18(16,17)5-9(10)12/h2-4,9-10H,5-6H2,1H3,(H,14,15). The summed E-state index contributed by atoms with van der Waals surface area (Å²) >= 11 is 5.92. The Bertz CT molecular complexity index is 573. The van der Waals surface area contributed by atoms with Crippen LogP contribution in [0.2, 0.25) is 0 Å². The van der Waals surface area contributed by atoms with Crippen molar-refractivity contribution in [2.75, 3.05) is 11.5 Å². The van der Waals surface area contributed by atoms with Gasteiger partial charge in [0, 0.05) is 17.5 Å². The van der Waals surface area contributed by atoms with Crippen molar-refractivity contribution in [1.29, 1.82) is 0 Å². The Morgan fingerprint density at radius 1 is 1.50 bits per heavy atom. The van der Waals surface area contributed by atoms with Crippen LogP contribution in [0.4, 0.5) is 0 Å². The minimum Gasteiger partial charge on any atom is -0.347 e. The molecule has 1 aliphatic rings. The highest BCUT2D eigenvalue weighted by atomic mass is 35.5. The van der Waals surface area contributed by atoms with Gasteiger partial charge in [-0.3, -0.25) is 9.78 Å². The lowest BCUT2D eigenvalue weighted by Crippen LogP contribution is -2.40. The molecule has 2 unspecified atom stereocenters. The molecule has 1 aliphatic heterocycles. The first-order valence-corrected chi connectivity index (χ1v) is 7.71. The van der Waals surface area contributed by atoms with E-state index in [0.717, 1.165) is 5.69 Å². The number of carbonyl (C=O) groups excluding carboxylic acids is 1. The lowest BCUT2D eigenvalue weighted by atomic mass is 10.2. The molecule has 1 N–H and O–H groups in total. The fourth-order valence-electron chi connectivity index (χ4n) is 1.88. The van der Waals surface area contributed by atoms with E-state index in [0.29, 0.717) is 5.56 Å². The molecule has 0 spiro atoms. The molecule has 2 heterocycles. The van der Waals surface area contributed by atoms with Gasteiger partial charge >= 0.3 is 0 Å². The van der Waals surface area contributed by atoms with Crippen LogP contribution in [0.1, 0.15) is 16.1 Å². The van der Waals surface area contributed by atoms with Gasteiger partial charge in [0.05, 0.1) is 22.9 Å². The number of sulfone groups is 1. The molecule has 5 nitrogen and oxygen atoms in total. The van der Waals surface area contributed by atoms with E-state index in [1.807, 2.05) is 0 Å². The zero-order valence-corrected chi connectivity index (χ0v) is 11.3. The van der Waals surface area contributed by atoms with Crippen molar-refractivity contribution < 1.29 is 13.2 Å². The highest BCUT2D eigenvalue weighted by molar-refractivity contribution is 7.91. The first kappa shape index (κ1) is 13.3. The summed E-state index contributed by atoms with van der Waals surface area (Å²) in [6, 6.07) is 2.69. The highest BCUT2D eigenvalue weighted by Gasteiger charge is 2.37. The van der Waals surface area contributed by atoms with Gasteiger partial charge in [0.1, 0.15) is 0 Å². The number of rotatable bonds is 2. The molecule has 0 radical (unpaired) electrons. The molecule has 1 amide bonds. The number of hydrogen-bond acceptors (Lipinski definition) is 4. The summed E-state index contributed by atoms with van der Waals surface area (Å²) in [5.41, 5.74) is 1.18. The maximum Gasteiger partial charge on any atom is 0.251 e. The smallest absolute Gasteiger partial charge is 0.251 e. The Labute approximate surface area is 110 Å². The first-order chi connectivity index (χ1) is 8.37. The topological polar surface area (TPSA) is 76.1 Å². The summed E-state index contributed by atoms with van der Waals surface area (Å²) in [5.74, 6) is -0.514. The third-order valence-corrected chi connectivity index (χ3v) is 5.13. The van der Waals surface area contributed by atoms with Gasteiger partial charge in [-0.05, 0) is 19.1 Å². The van der Waals surface area contributed by atoms with Crippen molar-refractivity contribution in [3.63, 3.8) is 0 Å². The van der Waals surface area contributed by atoms with E-state index in [1.54, 1.807) is 19.1 Å². The molecule has 18 heavy (non-hydrogen) atoms. The zero-order chi connectivity index (χ0) is 13.3. The van der Waals surface area contributed by atoms with E-state index >= 15 is 0 Å². The highest BCUT2D eigenvalue weighted by Crippen LogP contribution is 2.18. The molecule has 0 aromatic carbocycles. The number of halogens is 1. The lowest BCUT2D eigenvalue weighted by molar-refractivity contribution is 0.0941. The fourth-order valence-corrected chi connectivity index (χ4v) is 4.43. The predicted molar refractivity (Wildman–Crippen MR) is 68.5 cm³/mol. The lowest BCUT2D eigenvalue weighted by Gasteiger charge is -2.14. The Morgan fingerprint density at radius 2 is 2.22 bits per heavy atom. The minimum atomic E-state index is -3.14. The van der Waals surface area contributed by atoms with Crippen molar-refractivity contribution in [3.05, 3.63) is 29.6 Å². The van der Waals surface area contributed by atoms with Crippen molar-refractivity contribution in [3.8, 4) is 0 Å². The molecule has 7 heteroatoms. The van der Waals surface area contributed by atoms with Gasteiger partial charge in [0.15, 0.2) is 9.84 Å². The first-order valence-electron chi connectivity index (χ1n) is 5.45. The molecule has 98 valence electrons. The van der Waals surface area contributed by atoms with E-state index < -0.39 is 21.3 Å². The Morgan fingerprint density at radius 3 is 2.78 bits per heavy atom. The van der Waals surface area contributed by atoms with E-state index in [2.05, 4.69) is 10.3 Å². The summed E-state index contributed by atoms with van der Waals surface area (Å²) in [4.78, 5) is 15.9. The zero-order valence-electron chi connectivity index (χ0n) is 9.76. The van der Waals surface area contributed by atoms with Crippen LogP contribution in [-0.4, -0.2) is 42.2 Å². The average Bonchev–Trinajstić information content (AvgIpc) is 2.51. The predicted octanol–water partition coefficient (Wildman–Crippen LogP) is 0.524. The maximum absolute atomic E-state index is 11.9. The number of nitrogens with one attached hydrogen (secondary N) is 1. The van der Waals surface area contributed by atoms with E-state index in [-0.39, 0.29) is 17.4 Å². The largest absolute Gasteiger partial charge is 0.347 e. The van der Waals surface area contributed by atoms with Crippen LogP contribution in [0.5, 0.6) is 0 Å². The van der Waals surface area contributed by atoms with Crippen molar-refractivity contribution in [2.45, 2.75) is 18.3 Å². The number of alkyl halides is 1. The molecule has 0 aliphatic carbocycles. The van der Waals surface area contributed by atoms with Crippen molar-refractivity contribution in [1.82, 2.24) is 10.3 Å². The second-order valence-electron chi connectivity index (χ2n) is 4.36. The summed E-state index contributed by atoms with van der Waals surface area (Å²) in [5, 5.41) is 2.08. The Hall–Kier alpha value is -1.14. The number of carbonyl (C=O) groups is 1. The van der Waals surface area contributed by atoms with E-state index in [4.69, 9.17) is 11.6 Å². The van der Waals surface area contributed by atoms with Crippen LogP contribution in [0.25, 0.3) is 0 Å². The second kappa shape index (κ2) is 4.85. The van der Waals surface area contributed by atoms with Gasteiger partial charge in [-0.15, -0.1) is 11.6 Å². The molecule has 1 aromatic rings. The van der Waals surface area contributed by atoms with Gasteiger partial charge < -0.3 is 5.32 Å². The van der Waals surface area contributed by atoms with Gasteiger partial charge in [0.25, 0.3) is 5.91 Å². The molecule has 1 saturated heterocycles. The third kappa shape index (κ3) is 3.00. The molecule has 1 fully saturated rings. The van der Waals surface area contributed by atoms with Crippen LogP contribution in [0.3, 0.4) is 0 Å². The van der Waals surface area contributed by atoms with E-state index in [9.17, 15) is 13.2 Å². The minimum absolute atomic E-state index is 0.0884. The van der Waals surface area contributed by atoms with Crippen LogP contribution < -0.4 is 5.32 Å². The SMILES string of the molecule is Cc1cc(C(=O)NC2CS(=O)(=O)CC2Cl)ccn1. The molecule has 0 bridgehead atoms. The van der Waals surface area contributed by atoms with Gasteiger partial charge in [-0.1, -0.05) is 0 Å². The average molecular weight is 289 g/mol. The van der Waals surface area contributed by atoms with Crippen molar-refractivity contribution >= 4 is 27.3 Å². The number of aromatic nitrogens is 1. The Kier molecular flexibility index (Phi) is 3.59. The second-order valence-corrected chi connectivity index (χ2v) is 7.07. The molecule has 2 atom stereocenters. The molecule has 1 aromatic heterocycles. The summed E-state index contributed by atoms with van der Waals surface area (Å²) < 4.78 is 22.8. The number of nitrogens with zero attached hydrogens (tertiary/aromatic N) is 1. The quantitative estimate of drug-likeness (QED) is 0.805.